The third kappa shape index (κ3) is 3.07. The molecule has 3 nitrogen and oxygen atoms in total. The van der Waals surface area contributed by atoms with E-state index in [9.17, 15) is 23.1 Å². The molecule has 1 saturated carbocycles. The Kier molecular flexibility index (Phi) is 4.09. The smallest absolute Gasteiger partial charge is 0.257 e. The van der Waals surface area contributed by atoms with Crippen LogP contribution in [0.15, 0.2) is 12.1 Å². The van der Waals surface area contributed by atoms with Crippen molar-refractivity contribution >= 4 is 5.91 Å². The van der Waals surface area contributed by atoms with Crippen molar-refractivity contribution in [2.45, 2.75) is 37.8 Å². The summed E-state index contributed by atoms with van der Waals surface area (Å²) in [6.45, 7) is 0. The van der Waals surface area contributed by atoms with E-state index < -0.39 is 41.1 Å². The van der Waals surface area contributed by atoms with Gasteiger partial charge in [-0.1, -0.05) is 12.8 Å². The lowest BCUT2D eigenvalue weighted by Gasteiger charge is -2.28. The highest BCUT2D eigenvalue weighted by molar-refractivity contribution is 5.95. The number of carbonyl (C=O) groups is 1. The zero-order chi connectivity index (χ0) is 14.0. The Balaban J connectivity index is 2.16. The summed E-state index contributed by atoms with van der Waals surface area (Å²) in [6, 6.07) is 0.384. The van der Waals surface area contributed by atoms with E-state index in [4.69, 9.17) is 0 Å². The molecule has 0 radical (unpaired) electrons. The highest BCUT2D eigenvalue weighted by atomic mass is 19.1. The van der Waals surface area contributed by atoms with Crippen molar-refractivity contribution in [2.24, 2.45) is 0 Å². The van der Waals surface area contributed by atoms with Crippen molar-refractivity contribution in [3.05, 3.63) is 35.1 Å². The molecule has 0 heterocycles. The van der Waals surface area contributed by atoms with Crippen molar-refractivity contribution in [3.63, 3.8) is 0 Å². The first-order chi connectivity index (χ1) is 8.99. The maximum absolute atomic E-state index is 13.4. The monoisotopic (exact) mass is 273 g/mol. The van der Waals surface area contributed by atoms with Crippen molar-refractivity contribution in [1.82, 2.24) is 5.32 Å². The van der Waals surface area contributed by atoms with Crippen LogP contribution in [0.25, 0.3) is 0 Å². The van der Waals surface area contributed by atoms with E-state index in [1.54, 1.807) is 0 Å². The molecular weight excluding hydrogens is 259 g/mol. The second kappa shape index (κ2) is 5.61. The van der Waals surface area contributed by atoms with Crippen molar-refractivity contribution in [2.75, 3.05) is 0 Å². The average molecular weight is 273 g/mol. The van der Waals surface area contributed by atoms with Gasteiger partial charge in [-0.05, 0) is 12.8 Å². The first-order valence-corrected chi connectivity index (χ1v) is 6.12. The maximum atomic E-state index is 13.4. The Hall–Kier alpha value is -1.56. The van der Waals surface area contributed by atoms with Crippen LogP contribution in [0.3, 0.4) is 0 Å². The SMILES string of the molecule is O=C(N[C@H]1CCCC[C@@H]1O)c1c(F)cc(F)cc1F. The molecule has 0 saturated heterocycles. The summed E-state index contributed by atoms with van der Waals surface area (Å²) in [5.74, 6) is -4.55. The van der Waals surface area contributed by atoms with Gasteiger partial charge in [0.1, 0.15) is 23.0 Å². The molecule has 0 unspecified atom stereocenters. The highest BCUT2D eigenvalue weighted by Gasteiger charge is 2.27. The molecule has 1 amide bonds. The zero-order valence-corrected chi connectivity index (χ0v) is 10.1. The summed E-state index contributed by atoms with van der Waals surface area (Å²) in [5.41, 5.74) is -0.820. The maximum Gasteiger partial charge on any atom is 0.257 e. The van der Waals surface area contributed by atoms with E-state index in [1.165, 1.54) is 0 Å². The second-order valence-corrected chi connectivity index (χ2v) is 4.68. The number of nitrogens with one attached hydrogen (secondary N) is 1. The van der Waals surface area contributed by atoms with Crippen LogP contribution in [0, 0.1) is 17.5 Å². The molecule has 1 aromatic carbocycles. The molecule has 0 bridgehead atoms. The molecule has 1 aromatic rings. The minimum absolute atomic E-state index is 0.454. The molecule has 19 heavy (non-hydrogen) atoms. The van der Waals surface area contributed by atoms with Gasteiger partial charge in [-0.25, -0.2) is 13.2 Å². The van der Waals surface area contributed by atoms with Crippen LogP contribution >= 0.6 is 0 Å². The zero-order valence-electron chi connectivity index (χ0n) is 10.1. The number of rotatable bonds is 2. The van der Waals surface area contributed by atoms with E-state index >= 15 is 0 Å². The second-order valence-electron chi connectivity index (χ2n) is 4.68. The Morgan fingerprint density at radius 2 is 1.74 bits per heavy atom. The first kappa shape index (κ1) is 13.9. The van der Waals surface area contributed by atoms with Crippen LogP contribution in [0.5, 0.6) is 0 Å². The van der Waals surface area contributed by atoms with Crippen LogP contribution in [0.2, 0.25) is 0 Å². The van der Waals surface area contributed by atoms with E-state index in [2.05, 4.69) is 5.32 Å². The molecule has 2 N–H and O–H groups in total. The van der Waals surface area contributed by atoms with Crippen molar-refractivity contribution in [3.8, 4) is 0 Å². The minimum atomic E-state index is -1.25. The fourth-order valence-corrected chi connectivity index (χ4v) is 2.28. The van der Waals surface area contributed by atoms with Gasteiger partial charge < -0.3 is 10.4 Å². The molecule has 1 fully saturated rings. The van der Waals surface area contributed by atoms with Crippen molar-refractivity contribution in [1.29, 1.82) is 0 Å². The van der Waals surface area contributed by atoms with Gasteiger partial charge in [0, 0.05) is 12.1 Å². The lowest BCUT2D eigenvalue weighted by Crippen LogP contribution is -2.45. The van der Waals surface area contributed by atoms with Gasteiger partial charge in [-0.15, -0.1) is 0 Å². The number of hydrogen-bond donors (Lipinski definition) is 2. The third-order valence-electron chi connectivity index (χ3n) is 3.28. The number of carbonyl (C=O) groups excluding carboxylic acids is 1. The molecule has 2 atom stereocenters. The lowest BCUT2D eigenvalue weighted by molar-refractivity contribution is 0.0711. The van der Waals surface area contributed by atoms with Gasteiger partial charge >= 0.3 is 0 Å². The Labute approximate surface area is 108 Å². The largest absolute Gasteiger partial charge is 0.391 e. The van der Waals surface area contributed by atoms with Crippen LogP contribution in [-0.2, 0) is 0 Å². The van der Waals surface area contributed by atoms with Gasteiger partial charge in [0.15, 0.2) is 0 Å². The van der Waals surface area contributed by atoms with Crippen LogP contribution in [0.4, 0.5) is 13.2 Å². The predicted octanol–water partition coefficient (Wildman–Crippen LogP) is 2.14. The lowest BCUT2D eigenvalue weighted by atomic mass is 9.92. The molecular formula is C13H14F3NO2. The molecule has 1 aliphatic rings. The van der Waals surface area contributed by atoms with Crippen LogP contribution in [0.1, 0.15) is 36.0 Å². The number of hydrogen-bond acceptors (Lipinski definition) is 2. The number of aliphatic hydroxyl groups is 1. The molecule has 6 heteroatoms. The standard InChI is InChI=1S/C13H14F3NO2/c14-7-5-8(15)12(9(16)6-7)13(19)17-10-3-1-2-4-11(10)18/h5-6,10-11,18H,1-4H2,(H,17,19)/t10-,11-/m0/s1. The van der Waals surface area contributed by atoms with Crippen molar-refractivity contribution < 1.29 is 23.1 Å². The molecule has 0 spiro atoms. The quantitative estimate of drug-likeness (QED) is 0.867. The van der Waals surface area contributed by atoms with Gasteiger partial charge in [0.25, 0.3) is 5.91 Å². The van der Waals surface area contributed by atoms with Gasteiger partial charge in [-0.3, -0.25) is 4.79 Å². The third-order valence-corrected chi connectivity index (χ3v) is 3.28. The average Bonchev–Trinajstić information content (AvgIpc) is 2.30. The molecule has 0 aromatic heterocycles. The number of amides is 1. The summed E-state index contributed by atoms with van der Waals surface area (Å²) in [5, 5.41) is 12.1. The van der Waals surface area contributed by atoms with E-state index in [0.717, 1.165) is 12.8 Å². The number of aliphatic hydroxyl groups excluding tert-OH is 1. The fraction of sp³-hybridized carbons (Fsp3) is 0.462. The topological polar surface area (TPSA) is 49.3 Å². The highest BCUT2D eigenvalue weighted by Crippen LogP contribution is 2.20. The van der Waals surface area contributed by atoms with Gasteiger partial charge in [-0.2, -0.15) is 0 Å². The molecule has 0 aliphatic heterocycles. The molecule has 1 aliphatic carbocycles. The fourth-order valence-electron chi connectivity index (χ4n) is 2.28. The molecule has 104 valence electrons. The summed E-state index contributed by atoms with van der Waals surface area (Å²) < 4.78 is 39.6. The van der Waals surface area contributed by atoms with Gasteiger partial charge in [0.05, 0.1) is 12.1 Å². The Morgan fingerprint density at radius 3 is 2.32 bits per heavy atom. The summed E-state index contributed by atoms with van der Waals surface area (Å²) in [7, 11) is 0. The Morgan fingerprint density at radius 1 is 1.16 bits per heavy atom. The number of benzene rings is 1. The van der Waals surface area contributed by atoms with Crippen LogP contribution in [-0.4, -0.2) is 23.2 Å². The summed E-state index contributed by atoms with van der Waals surface area (Å²) in [4.78, 5) is 11.8. The first-order valence-electron chi connectivity index (χ1n) is 6.12. The van der Waals surface area contributed by atoms with E-state index in [1.807, 2.05) is 0 Å². The van der Waals surface area contributed by atoms with Gasteiger partial charge in [0.2, 0.25) is 0 Å². The predicted molar refractivity (Wildman–Crippen MR) is 62.0 cm³/mol. The summed E-state index contributed by atoms with van der Waals surface area (Å²) >= 11 is 0. The Bertz CT molecular complexity index is 470. The minimum Gasteiger partial charge on any atom is -0.391 e. The summed E-state index contributed by atoms with van der Waals surface area (Å²) in [6.07, 6.45) is 2.06. The van der Waals surface area contributed by atoms with E-state index in [-0.39, 0.29) is 0 Å². The normalized spacial score (nSPS) is 23.2. The van der Waals surface area contributed by atoms with Crippen LogP contribution < -0.4 is 5.32 Å². The number of halogens is 3. The van der Waals surface area contributed by atoms with E-state index in [0.29, 0.717) is 25.0 Å². The molecule has 2 rings (SSSR count).